The van der Waals surface area contributed by atoms with Gasteiger partial charge >= 0.3 is 0 Å². The first-order valence-corrected chi connectivity index (χ1v) is 10.7. The van der Waals surface area contributed by atoms with Gasteiger partial charge in [0.15, 0.2) is 11.5 Å². The zero-order valence-corrected chi connectivity index (χ0v) is 18.4. The monoisotopic (exact) mass is 463 g/mol. The molecule has 5 rings (SSSR count). The van der Waals surface area contributed by atoms with Crippen molar-refractivity contribution < 1.29 is 14.2 Å². The van der Waals surface area contributed by atoms with E-state index in [4.69, 9.17) is 9.37 Å². The van der Waals surface area contributed by atoms with E-state index in [2.05, 4.69) is 36.1 Å². The predicted molar refractivity (Wildman–Crippen MR) is 119 cm³/mol. The highest BCUT2D eigenvalue weighted by molar-refractivity contribution is 7.99. The van der Waals surface area contributed by atoms with Crippen LogP contribution in [0.15, 0.2) is 58.3 Å². The molecule has 0 atom stereocenters. The van der Waals surface area contributed by atoms with Gasteiger partial charge in [-0.05, 0) is 57.1 Å². The second kappa shape index (κ2) is 8.70. The van der Waals surface area contributed by atoms with Gasteiger partial charge in [-0.25, -0.2) is 9.61 Å². The summed E-state index contributed by atoms with van der Waals surface area (Å²) in [6.07, 6.45) is 0. The molecule has 0 spiro atoms. The number of benzene rings is 2. The third kappa shape index (κ3) is 4.01. The van der Waals surface area contributed by atoms with Gasteiger partial charge in [0, 0.05) is 7.05 Å². The number of aryl methyl sites for hydroxylation is 1. The van der Waals surface area contributed by atoms with Crippen LogP contribution in [0.1, 0.15) is 0 Å². The van der Waals surface area contributed by atoms with E-state index in [1.54, 1.807) is 23.9 Å². The van der Waals surface area contributed by atoms with Crippen LogP contribution in [-0.2, 0) is 11.8 Å². The number of hydrogen-bond acceptors (Lipinski definition) is 10. The first kappa shape index (κ1) is 20.6. The van der Waals surface area contributed by atoms with Gasteiger partial charge in [0.2, 0.25) is 16.9 Å². The maximum atomic E-state index is 12.6. The Labute approximate surface area is 190 Å². The number of nitrogens with one attached hydrogen (secondary N) is 1. The number of carbonyl (C=O) groups is 1. The third-order valence-electron chi connectivity index (χ3n) is 4.84. The quantitative estimate of drug-likeness (QED) is 0.358. The molecule has 3 heterocycles. The molecule has 33 heavy (non-hydrogen) atoms. The smallest absolute Gasteiger partial charge is 0.236 e. The van der Waals surface area contributed by atoms with Crippen molar-refractivity contribution in [3.8, 4) is 23.0 Å². The van der Waals surface area contributed by atoms with E-state index in [9.17, 15) is 4.79 Å². The standard InChI is InChI=1S/C20H17N9O3S/c1-28-15-6-4-3-5-14(15)21-19(28)17-18(25-32-24-17)22-16(30)11-33-20-23-26-27-29(20)12-7-9-13(31-2)10-8-12/h3-10H,11H2,1-2H3,(H,22,25,30). The molecule has 3 aromatic heterocycles. The molecule has 0 saturated carbocycles. The van der Waals surface area contributed by atoms with Gasteiger partial charge in [-0.1, -0.05) is 23.9 Å². The van der Waals surface area contributed by atoms with Crippen LogP contribution in [0.25, 0.3) is 28.2 Å². The molecule has 0 radical (unpaired) electrons. The minimum atomic E-state index is -0.319. The zero-order valence-electron chi connectivity index (χ0n) is 17.5. The highest BCUT2D eigenvalue weighted by Gasteiger charge is 2.21. The van der Waals surface area contributed by atoms with Gasteiger partial charge in [0.1, 0.15) is 5.75 Å². The van der Waals surface area contributed by atoms with Crippen molar-refractivity contribution in [3.63, 3.8) is 0 Å². The largest absolute Gasteiger partial charge is 0.497 e. The normalized spacial score (nSPS) is 11.1. The first-order valence-electron chi connectivity index (χ1n) is 9.74. The molecule has 1 N–H and O–H groups in total. The molecule has 1 amide bonds. The number of imidazole rings is 1. The number of methoxy groups -OCH3 is 1. The summed E-state index contributed by atoms with van der Waals surface area (Å²) in [5, 5.41) is 22.7. The van der Waals surface area contributed by atoms with E-state index in [0.29, 0.717) is 16.7 Å². The summed E-state index contributed by atoms with van der Waals surface area (Å²) in [5.74, 6) is 1.17. The van der Waals surface area contributed by atoms with Crippen LogP contribution in [0.2, 0.25) is 0 Å². The fourth-order valence-corrected chi connectivity index (χ4v) is 3.92. The van der Waals surface area contributed by atoms with Crippen LogP contribution in [0, 0.1) is 0 Å². The molecule has 0 saturated heterocycles. The Morgan fingerprint density at radius 1 is 1.15 bits per heavy atom. The molecule has 0 aliphatic rings. The molecule has 0 aliphatic carbocycles. The molecule has 12 nitrogen and oxygen atoms in total. The second-order valence-corrected chi connectivity index (χ2v) is 7.80. The lowest BCUT2D eigenvalue weighted by Crippen LogP contribution is -2.16. The number of thioether (sulfide) groups is 1. The van der Waals surface area contributed by atoms with Crippen LogP contribution in [0.5, 0.6) is 5.75 Å². The van der Waals surface area contributed by atoms with E-state index in [1.165, 1.54) is 11.8 Å². The average molecular weight is 463 g/mol. The van der Waals surface area contributed by atoms with E-state index in [-0.39, 0.29) is 17.5 Å². The van der Waals surface area contributed by atoms with Crippen molar-refractivity contribution in [1.82, 2.24) is 40.1 Å². The topological polar surface area (TPSA) is 139 Å². The summed E-state index contributed by atoms with van der Waals surface area (Å²) < 4.78 is 13.4. The van der Waals surface area contributed by atoms with Crippen LogP contribution < -0.4 is 10.1 Å². The molecule has 0 bridgehead atoms. The molecule has 0 unspecified atom stereocenters. The molecule has 5 aromatic rings. The Bertz CT molecular complexity index is 1420. The first-order chi connectivity index (χ1) is 16.1. The fourth-order valence-electron chi connectivity index (χ4n) is 3.23. The van der Waals surface area contributed by atoms with E-state index in [0.717, 1.165) is 22.5 Å². The lowest BCUT2D eigenvalue weighted by atomic mass is 10.3. The molecular formula is C20H17N9O3S. The van der Waals surface area contributed by atoms with Crippen molar-refractivity contribution >= 4 is 34.5 Å². The van der Waals surface area contributed by atoms with Crippen LogP contribution >= 0.6 is 11.8 Å². The van der Waals surface area contributed by atoms with Gasteiger partial charge in [-0.3, -0.25) is 4.79 Å². The number of aromatic nitrogens is 8. The Balaban J connectivity index is 1.29. The lowest BCUT2D eigenvalue weighted by molar-refractivity contribution is -0.113. The summed E-state index contributed by atoms with van der Waals surface area (Å²) in [6, 6.07) is 14.9. The number of fused-ring (bicyclic) bond motifs is 1. The molecule has 0 fully saturated rings. The summed E-state index contributed by atoms with van der Waals surface area (Å²) in [5.41, 5.74) is 2.81. The highest BCUT2D eigenvalue weighted by atomic mass is 32.2. The number of amides is 1. The van der Waals surface area contributed by atoms with E-state index < -0.39 is 0 Å². The Hall–Kier alpha value is -4.26. The summed E-state index contributed by atoms with van der Waals surface area (Å²) in [6.45, 7) is 0. The maximum Gasteiger partial charge on any atom is 0.236 e. The van der Waals surface area contributed by atoms with Gasteiger partial charge in [-0.2, -0.15) is 4.68 Å². The number of tetrazole rings is 1. The predicted octanol–water partition coefficient (Wildman–Crippen LogP) is 2.34. The summed E-state index contributed by atoms with van der Waals surface area (Å²) in [7, 11) is 3.46. The maximum absolute atomic E-state index is 12.6. The van der Waals surface area contributed by atoms with Crippen LogP contribution in [-0.4, -0.2) is 58.8 Å². The van der Waals surface area contributed by atoms with Crippen LogP contribution in [0.4, 0.5) is 5.82 Å². The number of nitrogens with zero attached hydrogens (tertiary/aromatic N) is 8. The average Bonchev–Trinajstić information content (AvgIpc) is 3.57. The number of ether oxygens (including phenoxy) is 1. The number of carbonyl (C=O) groups excluding carboxylic acids is 1. The van der Waals surface area contributed by atoms with Crippen molar-refractivity contribution in [3.05, 3.63) is 48.5 Å². The van der Waals surface area contributed by atoms with Gasteiger partial charge in [0.25, 0.3) is 0 Å². The SMILES string of the molecule is COc1ccc(-n2nnnc2SCC(=O)Nc2nonc2-c2nc3ccccc3n2C)cc1. The summed E-state index contributed by atoms with van der Waals surface area (Å²) >= 11 is 1.18. The lowest BCUT2D eigenvalue weighted by Gasteiger charge is -2.06. The van der Waals surface area contributed by atoms with Gasteiger partial charge in [0.05, 0.1) is 29.6 Å². The van der Waals surface area contributed by atoms with Crippen molar-refractivity contribution in [1.29, 1.82) is 0 Å². The molecular weight excluding hydrogens is 446 g/mol. The number of anilines is 1. The fraction of sp³-hybridized carbons (Fsp3) is 0.150. The second-order valence-electron chi connectivity index (χ2n) is 6.85. The third-order valence-corrected chi connectivity index (χ3v) is 5.75. The summed E-state index contributed by atoms with van der Waals surface area (Å²) in [4.78, 5) is 17.2. The van der Waals surface area contributed by atoms with Crippen molar-refractivity contribution in [2.75, 3.05) is 18.2 Å². The molecule has 2 aromatic carbocycles. The Kier molecular flexibility index (Phi) is 5.44. The van der Waals surface area contributed by atoms with Crippen LogP contribution in [0.3, 0.4) is 0 Å². The van der Waals surface area contributed by atoms with Gasteiger partial charge < -0.3 is 14.6 Å². The van der Waals surface area contributed by atoms with E-state index in [1.807, 2.05) is 48.0 Å². The Morgan fingerprint density at radius 3 is 2.76 bits per heavy atom. The van der Waals surface area contributed by atoms with Crippen molar-refractivity contribution in [2.45, 2.75) is 5.16 Å². The van der Waals surface area contributed by atoms with E-state index >= 15 is 0 Å². The minimum Gasteiger partial charge on any atom is -0.497 e. The highest BCUT2D eigenvalue weighted by Crippen LogP contribution is 2.27. The molecule has 166 valence electrons. The number of hydrogen-bond donors (Lipinski definition) is 1. The Morgan fingerprint density at radius 2 is 1.97 bits per heavy atom. The minimum absolute atomic E-state index is 0.0470. The number of para-hydroxylation sites is 2. The number of rotatable bonds is 7. The molecule has 13 heteroatoms. The zero-order chi connectivity index (χ0) is 22.8. The molecule has 0 aliphatic heterocycles. The van der Waals surface area contributed by atoms with Crippen molar-refractivity contribution in [2.24, 2.45) is 7.05 Å². The van der Waals surface area contributed by atoms with Gasteiger partial charge in [-0.15, -0.1) is 5.10 Å².